The molecule has 2 aromatic carbocycles. The minimum absolute atomic E-state index is 0.0197. The Kier molecular flexibility index (Phi) is 6.61. The number of rotatable bonds is 5. The van der Waals surface area contributed by atoms with Gasteiger partial charge in [0.15, 0.2) is 0 Å². The van der Waals surface area contributed by atoms with Crippen molar-refractivity contribution in [2.24, 2.45) is 0 Å². The predicted octanol–water partition coefficient (Wildman–Crippen LogP) is 2.93. The third-order valence-electron chi connectivity index (χ3n) is 6.45. The van der Waals surface area contributed by atoms with Crippen LogP contribution in [-0.4, -0.2) is 65.2 Å². The molecule has 3 N–H and O–H groups in total. The normalized spacial score (nSPS) is 17.1. The van der Waals surface area contributed by atoms with Crippen molar-refractivity contribution in [3.05, 3.63) is 64.1 Å². The number of carboxylic acids is 1. The molecular weight excluding hydrogens is 501 g/mol. The van der Waals surface area contributed by atoms with Gasteiger partial charge in [0, 0.05) is 37.3 Å². The van der Waals surface area contributed by atoms with Crippen molar-refractivity contribution >= 4 is 51.9 Å². The number of nitrogens with zero attached hydrogens (tertiary/aromatic N) is 3. The number of pyridine rings is 1. The fourth-order valence-corrected chi connectivity index (χ4v) is 5.82. The molecule has 0 radical (unpaired) electrons. The fraction of sp³-hybridized carbons (Fsp3) is 0.280. The Hall–Kier alpha value is -3.90. The number of hydrogen-bond donors (Lipinski definition) is 3. The number of halogens is 1. The maximum absolute atomic E-state index is 15.1. The molecule has 0 aliphatic carbocycles. The summed E-state index contributed by atoms with van der Waals surface area (Å²) in [7, 11) is 0. The molecule has 10 nitrogen and oxygen atoms in total. The highest BCUT2D eigenvalue weighted by Gasteiger charge is 2.33. The minimum Gasteiger partial charge on any atom is -0.477 e. The van der Waals surface area contributed by atoms with E-state index in [1.54, 1.807) is 34.9 Å². The second kappa shape index (κ2) is 9.87. The van der Waals surface area contributed by atoms with E-state index in [9.17, 15) is 24.3 Å². The molecule has 3 heterocycles. The summed E-state index contributed by atoms with van der Waals surface area (Å²) in [4.78, 5) is 52.5. The third kappa shape index (κ3) is 4.77. The SMILES string of the molecule is CC1Sc2c(C(=O)O)c(=O)c3cc(F)c(N4CCN(CC(=O)NC(=O)Nc5ccccc5)CC4)cc3n21. The highest BCUT2D eigenvalue weighted by Crippen LogP contribution is 2.46. The van der Waals surface area contributed by atoms with E-state index in [1.807, 2.05) is 22.8 Å². The molecule has 192 valence electrons. The number of benzene rings is 2. The summed E-state index contributed by atoms with van der Waals surface area (Å²) in [5.74, 6) is -2.37. The molecule has 0 spiro atoms. The van der Waals surface area contributed by atoms with Gasteiger partial charge in [-0.1, -0.05) is 30.0 Å². The van der Waals surface area contributed by atoms with Crippen molar-refractivity contribution in [1.29, 1.82) is 0 Å². The molecule has 2 aliphatic heterocycles. The molecule has 3 amide bonds. The van der Waals surface area contributed by atoms with E-state index in [0.29, 0.717) is 48.1 Å². The zero-order chi connectivity index (χ0) is 26.3. The Bertz CT molecular complexity index is 1470. The molecule has 0 bridgehead atoms. The lowest BCUT2D eigenvalue weighted by atomic mass is 10.1. The van der Waals surface area contributed by atoms with Gasteiger partial charge in [0.1, 0.15) is 11.4 Å². The summed E-state index contributed by atoms with van der Waals surface area (Å²) in [5.41, 5.74) is 0.375. The van der Waals surface area contributed by atoms with E-state index >= 15 is 4.39 Å². The van der Waals surface area contributed by atoms with Gasteiger partial charge >= 0.3 is 12.0 Å². The van der Waals surface area contributed by atoms with Gasteiger partial charge in [0.05, 0.1) is 28.1 Å². The van der Waals surface area contributed by atoms with Crippen LogP contribution in [0.2, 0.25) is 0 Å². The molecule has 1 unspecified atom stereocenters. The maximum atomic E-state index is 15.1. The Balaban J connectivity index is 1.26. The van der Waals surface area contributed by atoms with Crippen LogP contribution in [0, 0.1) is 5.82 Å². The number of carbonyl (C=O) groups is 3. The second-order valence-electron chi connectivity index (χ2n) is 8.85. The molecule has 37 heavy (non-hydrogen) atoms. The maximum Gasteiger partial charge on any atom is 0.342 e. The van der Waals surface area contributed by atoms with Gasteiger partial charge in [-0.15, -0.1) is 0 Å². The monoisotopic (exact) mass is 525 g/mol. The van der Waals surface area contributed by atoms with Gasteiger partial charge in [-0.2, -0.15) is 0 Å². The Labute approximate surface area is 215 Å². The standard InChI is InChI=1S/C25H24FN5O5S/c1-14-31-18-12-19(17(26)11-16(18)22(33)21(24(34)35)23(31)37-14)30-9-7-29(8-10-30)13-20(32)28-25(36)27-15-5-3-2-4-6-15/h2-6,11-12,14H,7-10,13H2,1H3,(H,34,35)(H2,27,28,32,36). The van der Waals surface area contributed by atoms with Crippen LogP contribution in [0.25, 0.3) is 10.9 Å². The molecular formula is C25H24FN5O5S. The van der Waals surface area contributed by atoms with Crippen LogP contribution < -0.4 is 21.0 Å². The van der Waals surface area contributed by atoms with Crippen LogP contribution in [0.5, 0.6) is 0 Å². The average molecular weight is 526 g/mol. The van der Waals surface area contributed by atoms with E-state index < -0.39 is 29.2 Å². The number of aromatic carboxylic acids is 1. The fourth-order valence-electron chi connectivity index (χ4n) is 4.67. The van der Waals surface area contributed by atoms with Crippen LogP contribution >= 0.6 is 11.8 Å². The predicted molar refractivity (Wildman–Crippen MR) is 138 cm³/mol. The summed E-state index contributed by atoms with van der Waals surface area (Å²) in [6.07, 6.45) is 0. The van der Waals surface area contributed by atoms with Gasteiger partial charge in [-0.3, -0.25) is 19.8 Å². The summed E-state index contributed by atoms with van der Waals surface area (Å²) >= 11 is 1.30. The van der Waals surface area contributed by atoms with E-state index in [1.165, 1.54) is 11.8 Å². The van der Waals surface area contributed by atoms with Gasteiger partial charge in [-0.25, -0.2) is 14.0 Å². The van der Waals surface area contributed by atoms with Crippen molar-refractivity contribution in [3.8, 4) is 0 Å². The molecule has 5 rings (SSSR count). The first-order chi connectivity index (χ1) is 17.7. The van der Waals surface area contributed by atoms with Crippen molar-refractivity contribution < 1.29 is 23.9 Å². The quantitative estimate of drug-likeness (QED) is 0.465. The number of thioether (sulfide) groups is 1. The summed E-state index contributed by atoms with van der Waals surface area (Å²) < 4.78 is 16.9. The van der Waals surface area contributed by atoms with E-state index in [0.717, 1.165) is 6.07 Å². The first-order valence-corrected chi connectivity index (χ1v) is 12.6. The zero-order valence-corrected chi connectivity index (χ0v) is 20.7. The number of anilines is 2. The summed E-state index contributed by atoms with van der Waals surface area (Å²) in [6.45, 7) is 3.70. The highest BCUT2D eigenvalue weighted by atomic mass is 32.2. The number of para-hydroxylation sites is 1. The third-order valence-corrected chi connectivity index (χ3v) is 7.63. The minimum atomic E-state index is -1.32. The zero-order valence-electron chi connectivity index (χ0n) is 19.9. The average Bonchev–Trinajstić information content (AvgIpc) is 2.84. The Morgan fingerprint density at radius 2 is 1.81 bits per heavy atom. The number of carbonyl (C=O) groups excluding carboxylic acids is 2. The topological polar surface area (TPSA) is 124 Å². The van der Waals surface area contributed by atoms with Crippen molar-refractivity contribution in [1.82, 2.24) is 14.8 Å². The number of fused-ring (bicyclic) bond motifs is 3. The number of carboxylic acid groups (broad SMARTS) is 1. The van der Waals surface area contributed by atoms with Crippen LogP contribution in [-0.2, 0) is 4.79 Å². The lowest BCUT2D eigenvalue weighted by molar-refractivity contribution is -0.121. The van der Waals surface area contributed by atoms with Crippen molar-refractivity contribution in [2.45, 2.75) is 17.3 Å². The molecule has 0 saturated carbocycles. The molecule has 2 aliphatic rings. The first kappa shape index (κ1) is 24.8. The lowest BCUT2D eigenvalue weighted by Crippen LogP contribution is -2.50. The van der Waals surface area contributed by atoms with E-state index in [2.05, 4.69) is 10.6 Å². The van der Waals surface area contributed by atoms with Crippen molar-refractivity contribution in [3.63, 3.8) is 0 Å². The largest absolute Gasteiger partial charge is 0.477 e. The number of piperazine rings is 1. The molecule has 3 aromatic rings. The second-order valence-corrected chi connectivity index (χ2v) is 10.2. The van der Waals surface area contributed by atoms with E-state index in [-0.39, 0.29) is 22.9 Å². The number of urea groups is 1. The van der Waals surface area contributed by atoms with Gasteiger partial charge in [0.25, 0.3) is 0 Å². The lowest BCUT2D eigenvalue weighted by Gasteiger charge is -2.37. The van der Waals surface area contributed by atoms with Crippen LogP contribution in [0.15, 0.2) is 52.3 Å². The number of aromatic nitrogens is 1. The number of imide groups is 1. The van der Waals surface area contributed by atoms with Crippen molar-refractivity contribution in [2.75, 3.05) is 42.9 Å². The van der Waals surface area contributed by atoms with Crippen LogP contribution in [0.4, 0.5) is 20.6 Å². The number of amides is 3. The Morgan fingerprint density at radius 3 is 2.46 bits per heavy atom. The highest BCUT2D eigenvalue weighted by molar-refractivity contribution is 8.00. The summed E-state index contributed by atoms with van der Waals surface area (Å²) in [5, 5.41) is 14.7. The van der Waals surface area contributed by atoms with E-state index in [4.69, 9.17) is 0 Å². The van der Waals surface area contributed by atoms with Gasteiger partial charge in [0.2, 0.25) is 11.3 Å². The molecule has 12 heteroatoms. The van der Waals surface area contributed by atoms with Gasteiger partial charge in [-0.05, 0) is 31.2 Å². The smallest absolute Gasteiger partial charge is 0.342 e. The molecule has 1 fully saturated rings. The number of hydrogen-bond acceptors (Lipinski definition) is 7. The molecule has 1 aromatic heterocycles. The summed E-state index contributed by atoms with van der Waals surface area (Å²) in [6, 6.07) is 10.9. The van der Waals surface area contributed by atoms with Crippen LogP contribution in [0.3, 0.4) is 0 Å². The van der Waals surface area contributed by atoms with Gasteiger partial charge < -0.3 is 19.9 Å². The van der Waals surface area contributed by atoms with Crippen LogP contribution in [0.1, 0.15) is 22.7 Å². The number of nitrogens with one attached hydrogen (secondary N) is 2. The molecule has 1 atom stereocenters. The molecule has 1 saturated heterocycles. The first-order valence-electron chi connectivity index (χ1n) is 11.7. The Morgan fingerprint density at radius 1 is 1.11 bits per heavy atom.